The van der Waals surface area contributed by atoms with Gasteiger partial charge in [0.1, 0.15) is 11.9 Å². The van der Waals surface area contributed by atoms with Gasteiger partial charge in [-0.1, -0.05) is 24.3 Å². The number of hydrogen-bond donors (Lipinski definition) is 2. The zero-order valence-corrected chi connectivity index (χ0v) is 11.6. The molecule has 1 atom stereocenters. The van der Waals surface area contributed by atoms with Crippen LogP contribution in [0.1, 0.15) is 11.3 Å². The summed E-state index contributed by atoms with van der Waals surface area (Å²) < 4.78 is 5.77. The maximum atomic E-state index is 11.7. The highest BCUT2D eigenvalue weighted by molar-refractivity contribution is 5.73. The molecule has 0 saturated heterocycles. The molecule has 21 heavy (non-hydrogen) atoms. The predicted octanol–water partition coefficient (Wildman–Crippen LogP) is 1.88. The molecule has 2 heterocycles. The molecular weight excluding hydrogens is 266 g/mol. The van der Waals surface area contributed by atoms with E-state index in [-0.39, 0.29) is 12.1 Å². The lowest BCUT2D eigenvalue weighted by molar-refractivity contribution is 0.213. The van der Waals surface area contributed by atoms with Gasteiger partial charge in [-0.15, -0.1) is 0 Å². The number of carbonyl (C=O) groups excluding carboxylic acids is 1. The fraction of sp³-hybridized carbons (Fsp3) is 0.250. The van der Waals surface area contributed by atoms with Crippen LogP contribution in [0.5, 0.6) is 5.75 Å². The molecule has 0 saturated carbocycles. The second-order valence-electron chi connectivity index (χ2n) is 4.94. The van der Waals surface area contributed by atoms with Crippen molar-refractivity contribution in [1.82, 2.24) is 15.6 Å². The number of hydrogen-bond acceptors (Lipinski definition) is 3. The average Bonchev–Trinajstić information content (AvgIpc) is 2.95. The first kappa shape index (κ1) is 13.4. The first-order valence-corrected chi connectivity index (χ1v) is 6.97. The van der Waals surface area contributed by atoms with Gasteiger partial charge in [0, 0.05) is 12.6 Å². The van der Waals surface area contributed by atoms with Crippen LogP contribution < -0.4 is 15.4 Å². The second kappa shape index (κ2) is 6.26. The summed E-state index contributed by atoms with van der Waals surface area (Å²) in [5.74, 6) is 0.915. The van der Waals surface area contributed by atoms with Crippen molar-refractivity contribution in [1.29, 1.82) is 0 Å². The average molecular weight is 283 g/mol. The summed E-state index contributed by atoms with van der Waals surface area (Å²) >= 11 is 0. The van der Waals surface area contributed by atoms with Crippen molar-refractivity contribution in [2.24, 2.45) is 0 Å². The Morgan fingerprint density at radius 3 is 2.86 bits per heavy atom. The van der Waals surface area contributed by atoms with E-state index >= 15 is 0 Å². The van der Waals surface area contributed by atoms with Gasteiger partial charge in [0.05, 0.1) is 18.8 Å². The Kier molecular flexibility index (Phi) is 4.00. The van der Waals surface area contributed by atoms with Crippen LogP contribution in [0.2, 0.25) is 0 Å². The Morgan fingerprint density at radius 2 is 2.05 bits per heavy atom. The molecule has 0 spiro atoms. The summed E-state index contributed by atoms with van der Waals surface area (Å²) in [6, 6.07) is 13.4. The lowest BCUT2D eigenvalue weighted by atomic mass is 10.1. The summed E-state index contributed by atoms with van der Waals surface area (Å²) in [5.41, 5.74) is 2.02. The first-order chi connectivity index (χ1) is 10.3. The van der Waals surface area contributed by atoms with Gasteiger partial charge in [0.2, 0.25) is 0 Å². The molecule has 0 aliphatic carbocycles. The molecule has 1 aromatic heterocycles. The number of amides is 2. The van der Waals surface area contributed by atoms with Crippen LogP contribution >= 0.6 is 0 Å². The van der Waals surface area contributed by atoms with E-state index in [1.807, 2.05) is 36.4 Å². The van der Waals surface area contributed by atoms with Gasteiger partial charge >= 0.3 is 6.03 Å². The van der Waals surface area contributed by atoms with E-state index in [1.165, 1.54) is 5.56 Å². The molecule has 0 radical (unpaired) electrons. The van der Waals surface area contributed by atoms with Gasteiger partial charge in [-0.25, -0.2) is 4.79 Å². The second-order valence-corrected chi connectivity index (χ2v) is 4.94. The van der Waals surface area contributed by atoms with Gasteiger partial charge in [0.15, 0.2) is 0 Å². The number of benzene rings is 1. The molecule has 1 aromatic carbocycles. The van der Waals surface area contributed by atoms with Gasteiger partial charge in [-0.3, -0.25) is 4.98 Å². The summed E-state index contributed by atoms with van der Waals surface area (Å²) in [6.45, 7) is 0.904. The van der Waals surface area contributed by atoms with Crippen molar-refractivity contribution in [3.8, 4) is 5.75 Å². The smallest absolute Gasteiger partial charge is 0.315 e. The number of para-hydroxylation sites is 1. The lowest BCUT2D eigenvalue weighted by Crippen LogP contribution is -2.40. The normalized spacial score (nSPS) is 15.9. The summed E-state index contributed by atoms with van der Waals surface area (Å²) in [5, 5.41) is 5.60. The third-order valence-corrected chi connectivity index (χ3v) is 3.36. The molecule has 2 amide bonds. The molecule has 1 aliphatic rings. The Balaban J connectivity index is 1.41. The Morgan fingerprint density at radius 1 is 1.19 bits per heavy atom. The van der Waals surface area contributed by atoms with Crippen LogP contribution in [-0.2, 0) is 13.0 Å². The van der Waals surface area contributed by atoms with Crippen molar-refractivity contribution < 1.29 is 9.53 Å². The molecule has 0 bridgehead atoms. The van der Waals surface area contributed by atoms with E-state index in [0.717, 1.165) is 17.9 Å². The Bertz CT molecular complexity index is 591. The standard InChI is InChI=1S/C16H17N3O2/c20-16(18-10-13-6-3-4-8-17-13)19-11-14-9-12-5-1-2-7-15(12)21-14/h1-8,14H,9-11H2,(H2,18,19,20)/t14-/m0/s1. The van der Waals surface area contributed by atoms with Gasteiger partial charge in [-0.05, 0) is 23.8 Å². The number of pyridine rings is 1. The third kappa shape index (κ3) is 3.51. The number of fused-ring (bicyclic) bond motifs is 1. The monoisotopic (exact) mass is 283 g/mol. The molecule has 0 fully saturated rings. The number of urea groups is 1. The van der Waals surface area contributed by atoms with Gasteiger partial charge < -0.3 is 15.4 Å². The maximum Gasteiger partial charge on any atom is 0.315 e. The first-order valence-electron chi connectivity index (χ1n) is 6.97. The molecule has 108 valence electrons. The molecule has 2 aromatic rings. The number of rotatable bonds is 4. The summed E-state index contributed by atoms with van der Waals surface area (Å²) in [6.07, 6.45) is 2.54. The molecule has 5 heteroatoms. The highest BCUT2D eigenvalue weighted by Gasteiger charge is 2.22. The van der Waals surface area contributed by atoms with Crippen molar-refractivity contribution in [2.75, 3.05) is 6.54 Å². The van der Waals surface area contributed by atoms with Crippen LogP contribution in [0.15, 0.2) is 48.7 Å². The largest absolute Gasteiger partial charge is 0.488 e. The summed E-state index contributed by atoms with van der Waals surface area (Å²) in [7, 11) is 0. The van der Waals surface area contributed by atoms with Crippen molar-refractivity contribution in [3.63, 3.8) is 0 Å². The highest BCUT2D eigenvalue weighted by Crippen LogP contribution is 2.27. The van der Waals surface area contributed by atoms with Crippen molar-refractivity contribution in [2.45, 2.75) is 19.1 Å². The van der Waals surface area contributed by atoms with Gasteiger partial charge in [0.25, 0.3) is 0 Å². The minimum atomic E-state index is -0.208. The number of aromatic nitrogens is 1. The molecule has 1 aliphatic heterocycles. The molecule has 0 unspecified atom stereocenters. The zero-order valence-electron chi connectivity index (χ0n) is 11.6. The third-order valence-electron chi connectivity index (χ3n) is 3.36. The highest BCUT2D eigenvalue weighted by atomic mass is 16.5. The van der Waals surface area contributed by atoms with Crippen molar-refractivity contribution >= 4 is 6.03 Å². The number of ether oxygens (including phenoxy) is 1. The minimum absolute atomic E-state index is 0.00278. The molecular formula is C16H17N3O2. The van der Waals surface area contributed by atoms with E-state index in [0.29, 0.717) is 13.1 Å². The number of carbonyl (C=O) groups is 1. The molecule has 3 rings (SSSR count). The van der Waals surface area contributed by atoms with Crippen LogP contribution in [-0.4, -0.2) is 23.7 Å². The SMILES string of the molecule is O=C(NCc1ccccn1)NC[C@@H]1Cc2ccccc2O1. The fourth-order valence-electron chi connectivity index (χ4n) is 2.31. The van der Waals surface area contributed by atoms with Crippen LogP contribution in [0, 0.1) is 0 Å². The Hall–Kier alpha value is -2.56. The topological polar surface area (TPSA) is 63.2 Å². The zero-order chi connectivity index (χ0) is 14.5. The van der Waals surface area contributed by atoms with E-state index < -0.39 is 0 Å². The lowest BCUT2D eigenvalue weighted by Gasteiger charge is -2.12. The maximum absolute atomic E-state index is 11.7. The van der Waals surface area contributed by atoms with E-state index in [2.05, 4.69) is 21.7 Å². The van der Waals surface area contributed by atoms with Crippen LogP contribution in [0.25, 0.3) is 0 Å². The van der Waals surface area contributed by atoms with Gasteiger partial charge in [-0.2, -0.15) is 0 Å². The van der Waals surface area contributed by atoms with Crippen LogP contribution in [0.4, 0.5) is 4.79 Å². The summed E-state index contributed by atoms with van der Waals surface area (Å²) in [4.78, 5) is 15.9. The molecule has 5 nitrogen and oxygen atoms in total. The Labute approximate surface area is 123 Å². The van der Waals surface area contributed by atoms with E-state index in [4.69, 9.17) is 4.74 Å². The van der Waals surface area contributed by atoms with E-state index in [1.54, 1.807) is 6.20 Å². The fourth-order valence-corrected chi connectivity index (χ4v) is 2.31. The number of nitrogens with zero attached hydrogens (tertiary/aromatic N) is 1. The molecule has 2 N–H and O–H groups in total. The predicted molar refractivity (Wildman–Crippen MR) is 79.0 cm³/mol. The van der Waals surface area contributed by atoms with E-state index in [9.17, 15) is 4.79 Å². The minimum Gasteiger partial charge on any atom is -0.488 e. The van der Waals surface area contributed by atoms with Crippen molar-refractivity contribution in [3.05, 3.63) is 59.9 Å². The van der Waals surface area contributed by atoms with Crippen LogP contribution in [0.3, 0.4) is 0 Å². The number of nitrogens with one attached hydrogen (secondary N) is 2. The quantitative estimate of drug-likeness (QED) is 0.900.